The zero-order chi connectivity index (χ0) is 13.9. The van der Waals surface area contributed by atoms with Crippen molar-refractivity contribution in [1.82, 2.24) is 5.32 Å². The standard InChI is InChI=1S/C16H16BrFN2/c17-14-6-5-12(9-15(14)18)20-16-7-8-19-10-11-3-1-2-4-13(11)16/h1-6,9,16,19-20H,7-8,10H2. The average Bonchev–Trinajstić information content (AvgIpc) is 2.66. The summed E-state index contributed by atoms with van der Waals surface area (Å²) in [4.78, 5) is 0. The molecule has 1 heterocycles. The molecule has 2 aromatic rings. The molecule has 0 spiro atoms. The fraction of sp³-hybridized carbons (Fsp3) is 0.250. The number of hydrogen-bond acceptors (Lipinski definition) is 2. The maximum atomic E-state index is 13.6. The van der Waals surface area contributed by atoms with Gasteiger partial charge in [0.2, 0.25) is 0 Å². The first kappa shape index (κ1) is 13.6. The molecule has 4 heteroatoms. The van der Waals surface area contributed by atoms with E-state index in [-0.39, 0.29) is 11.9 Å². The molecule has 1 unspecified atom stereocenters. The van der Waals surface area contributed by atoms with Gasteiger partial charge in [0.05, 0.1) is 10.5 Å². The van der Waals surface area contributed by atoms with Crippen molar-refractivity contribution in [2.75, 3.05) is 11.9 Å². The Balaban J connectivity index is 1.88. The lowest BCUT2D eigenvalue weighted by atomic mass is 9.99. The molecule has 0 saturated carbocycles. The maximum absolute atomic E-state index is 13.6. The fourth-order valence-electron chi connectivity index (χ4n) is 2.60. The van der Waals surface area contributed by atoms with Crippen LogP contribution in [0.2, 0.25) is 0 Å². The summed E-state index contributed by atoms with van der Waals surface area (Å²) in [5.74, 6) is -0.241. The molecule has 0 aliphatic carbocycles. The third-order valence-corrected chi connectivity index (χ3v) is 4.26. The lowest BCUT2D eigenvalue weighted by Crippen LogP contribution is -2.15. The summed E-state index contributed by atoms with van der Waals surface area (Å²) in [7, 11) is 0. The summed E-state index contributed by atoms with van der Waals surface area (Å²) in [5.41, 5.74) is 3.41. The minimum atomic E-state index is -0.241. The van der Waals surface area contributed by atoms with Crippen LogP contribution in [-0.2, 0) is 6.54 Å². The Morgan fingerprint density at radius 2 is 2.05 bits per heavy atom. The molecule has 2 N–H and O–H groups in total. The Bertz CT molecular complexity index is 615. The molecule has 3 rings (SSSR count). The molecule has 1 aliphatic heterocycles. The Morgan fingerprint density at radius 1 is 1.20 bits per heavy atom. The van der Waals surface area contributed by atoms with E-state index in [0.717, 1.165) is 25.2 Å². The second-order valence-corrected chi connectivity index (χ2v) is 5.84. The molecular formula is C16H16BrFN2. The number of anilines is 1. The molecule has 104 valence electrons. The number of halogens is 2. The maximum Gasteiger partial charge on any atom is 0.139 e. The minimum absolute atomic E-state index is 0.210. The molecule has 2 nitrogen and oxygen atoms in total. The molecule has 20 heavy (non-hydrogen) atoms. The van der Waals surface area contributed by atoms with Crippen molar-refractivity contribution in [2.24, 2.45) is 0 Å². The van der Waals surface area contributed by atoms with Crippen LogP contribution in [0.5, 0.6) is 0 Å². The number of benzene rings is 2. The van der Waals surface area contributed by atoms with Gasteiger partial charge >= 0.3 is 0 Å². The largest absolute Gasteiger partial charge is 0.378 e. The van der Waals surface area contributed by atoms with Crippen LogP contribution in [0, 0.1) is 5.82 Å². The molecule has 0 aromatic heterocycles. The van der Waals surface area contributed by atoms with Crippen LogP contribution in [0.15, 0.2) is 46.9 Å². The van der Waals surface area contributed by atoms with Gasteiger partial charge < -0.3 is 10.6 Å². The summed E-state index contributed by atoms with van der Waals surface area (Å²) in [6, 6.07) is 13.8. The second kappa shape index (κ2) is 5.94. The molecule has 2 aromatic carbocycles. The highest BCUT2D eigenvalue weighted by Crippen LogP contribution is 2.28. The molecular weight excluding hydrogens is 319 g/mol. The molecule has 1 atom stereocenters. The number of rotatable bonds is 2. The summed E-state index contributed by atoms with van der Waals surface area (Å²) in [6.07, 6.45) is 0.981. The van der Waals surface area contributed by atoms with Crippen molar-refractivity contribution in [3.63, 3.8) is 0 Å². The van der Waals surface area contributed by atoms with Gasteiger partial charge in [-0.1, -0.05) is 24.3 Å². The number of nitrogens with one attached hydrogen (secondary N) is 2. The van der Waals surface area contributed by atoms with E-state index in [4.69, 9.17) is 0 Å². The monoisotopic (exact) mass is 334 g/mol. The third-order valence-electron chi connectivity index (χ3n) is 3.62. The van der Waals surface area contributed by atoms with Gasteiger partial charge in [-0.15, -0.1) is 0 Å². The highest BCUT2D eigenvalue weighted by molar-refractivity contribution is 9.10. The van der Waals surface area contributed by atoms with E-state index in [1.54, 1.807) is 6.07 Å². The summed E-state index contributed by atoms with van der Waals surface area (Å²) < 4.78 is 14.1. The first-order valence-electron chi connectivity index (χ1n) is 6.74. The average molecular weight is 335 g/mol. The Labute approximate surface area is 126 Å². The molecule has 0 fully saturated rings. The Kier molecular flexibility index (Phi) is 4.03. The van der Waals surface area contributed by atoms with Crippen molar-refractivity contribution < 1.29 is 4.39 Å². The minimum Gasteiger partial charge on any atom is -0.378 e. The van der Waals surface area contributed by atoms with Crippen LogP contribution in [0.1, 0.15) is 23.6 Å². The first-order chi connectivity index (χ1) is 9.74. The van der Waals surface area contributed by atoms with Gasteiger partial charge in [-0.2, -0.15) is 0 Å². The fourth-order valence-corrected chi connectivity index (χ4v) is 2.84. The van der Waals surface area contributed by atoms with Crippen LogP contribution in [0.3, 0.4) is 0 Å². The van der Waals surface area contributed by atoms with E-state index in [9.17, 15) is 4.39 Å². The molecule has 1 aliphatic rings. The second-order valence-electron chi connectivity index (χ2n) is 4.99. The predicted molar refractivity (Wildman–Crippen MR) is 83.2 cm³/mol. The van der Waals surface area contributed by atoms with Crippen LogP contribution in [0.4, 0.5) is 10.1 Å². The number of fused-ring (bicyclic) bond motifs is 1. The topological polar surface area (TPSA) is 24.1 Å². The van der Waals surface area contributed by atoms with Gasteiger partial charge in [0.1, 0.15) is 5.82 Å². The van der Waals surface area contributed by atoms with E-state index in [0.29, 0.717) is 4.47 Å². The van der Waals surface area contributed by atoms with E-state index < -0.39 is 0 Å². The van der Waals surface area contributed by atoms with Gasteiger partial charge in [-0.3, -0.25) is 0 Å². The normalized spacial score (nSPS) is 18.2. The van der Waals surface area contributed by atoms with Gasteiger partial charge in [0.15, 0.2) is 0 Å². The summed E-state index contributed by atoms with van der Waals surface area (Å²) in [6.45, 7) is 1.84. The van der Waals surface area contributed by atoms with Crippen LogP contribution >= 0.6 is 15.9 Å². The summed E-state index contributed by atoms with van der Waals surface area (Å²) in [5, 5.41) is 6.86. The third kappa shape index (κ3) is 2.86. The zero-order valence-electron chi connectivity index (χ0n) is 11.0. The van der Waals surface area contributed by atoms with Crippen LogP contribution < -0.4 is 10.6 Å². The Morgan fingerprint density at radius 3 is 2.90 bits per heavy atom. The van der Waals surface area contributed by atoms with E-state index in [2.05, 4.69) is 50.8 Å². The van der Waals surface area contributed by atoms with Crippen molar-refractivity contribution in [3.8, 4) is 0 Å². The van der Waals surface area contributed by atoms with Crippen molar-refractivity contribution in [1.29, 1.82) is 0 Å². The molecule has 0 saturated heterocycles. The van der Waals surface area contributed by atoms with Gasteiger partial charge in [-0.05, 0) is 58.2 Å². The summed E-state index contributed by atoms with van der Waals surface area (Å²) >= 11 is 3.18. The SMILES string of the molecule is Fc1cc(NC2CCNCc3ccccc32)ccc1Br. The highest BCUT2D eigenvalue weighted by Gasteiger charge is 2.18. The smallest absolute Gasteiger partial charge is 0.139 e. The first-order valence-corrected chi connectivity index (χ1v) is 7.53. The van der Waals surface area contributed by atoms with Gasteiger partial charge in [0, 0.05) is 12.2 Å². The molecule has 0 radical (unpaired) electrons. The van der Waals surface area contributed by atoms with Crippen LogP contribution in [-0.4, -0.2) is 6.54 Å². The highest BCUT2D eigenvalue weighted by atomic mass is 79.9. The van der Waals surface area contributed by atoms with Crippen molar-refractivity contribution in [2.45, 2.75) is 19.0 Å². The zero-order valence-corrected chi connectivity index (χ0v) is 12.6. The molecule has 0 bridgehead atoms. The lowest BCUT2D eigenvalue weighted by Gasteiger charge is -2.20. The van der Waals surface area contributed by atoms with E-state index >= 15 is 0 Å². The lowest BCUT2D eigenvalue weighted by molar-refractivity contribution is 0.618. The van der Waals surface area contributed by atoms with Crippen molar-refractivity contribution in [3.05, 3.63) is 63.9 Å². The quantitative estimate of drug-likeness (QED) is 0.858. The van der Waals surface area contributed by atoms with Crippen LogP contribution in [0.25, 0.3) is 0 Å². The van der Waals surface area contributed by atoms with E-state index in [1.807, 2.05) is 6.07 Å². The number of hydrogen-bond donors (Lipinski definition) is 2. The molecule has 0 amide bonds. The van der Waals surface area contributed by atoms with Gasteiger partial charge in [-0.25, -0.2) is 4.39 Å². The predicted octanol–water partition coefficient (Wildman–Crippen LogP) is 4.23. The van der Waals surface area contributed by atoms with Crippen molar-refractivity contribution >= 4 is 21.6 Å². The Hall–Kier alpha value is -1.39. The van der Waals surface area contributed by atoms with E-state index in [1.165, 1.54) is 17.2 Å². The van der Waals surface area contributed by atoms with Gasteiger partial charge in [0.25, 0.3) is 0 Å².